The number of nitro groups is 1. The molecular weight excluding hydrogens is 264 g/mol. The number of nitrogens with zero attached hydrogens (tertiary/aromatic N) is 1. The van der Waals surface area contributed by atoms with Crippen LogP contribution in [0.25, 0.3) is 6.08 Å². The summed E-state index contributed by atoms with van der Waals surface area (Å²) in [6, 6.07) is 1.61. The lowest BCUT2D eigenvalue weighted by Gasteiger charge is -2.12. The third-order valence-electron chi connectivity index (χ3n) is 2.69. The minimum Gasteiger partial charge on any atom is -0.383 e. The van der Waals surface area contributed by atoms with Crippen LogP contribution in [-0.2, 0) is 4.74 Å². The summed E-state index contributed by atoms with van der Waals surface area (Å²) in [6.07, 6.45) is 2.02. The van der Waals surface area contributed by atoms with Crippen LogP contribution in [0.1, 0.15) is 19.4 Å². The van der Waals surface area contributed by atoms with E-state index >= 15 is 0 Å². The lowest BCUT2D eigenvalue weighted by Crippen LogP contribution is -2.23. The van der Waals surface area contributed by atoms with Gasteiger partial charge in [0.1, 0.15) is 0 Å². The Morgan fingerprint density at radius 3 is 2.89 bits per heavy atom. The first-order valence-electron chi connectivity index (χ1n) is 6.17. The van der Waals surface area contributed by atoms with Gasteiger partial charge in [-0.25, -0.2) is 0 Å². The molecule has 0 aliphatic carbocycles. The minimum atomic E-state index is -0.353. The number of methoxy groups -OCH3 is 1. The van der Waals surface area contributed by atoms with E-state index in [4.69, 9.17) is 4.74 Å². The van der Waals surface area contributed by atoms with Gasteiger partial charge >= 0.3 is 5.00 Å². The van der Waals surface area contributed by atoms with Gasteiger partial charge in [0, 0.05) is 31.6 Å². The van der Waals surface area contributed by atoms with E-state index in [9.17, 15) is 10.1 Å². The maximum absolute atomic E-state index is 10.6. The normalized spacial score (nSPS) is 12.1. The summed E-state index contributed by atoms with van der Waals surface area (Å²) >= 11 is 1.16. The fourth-order valence-electron chi connectivity index (χ4n) is 1.55. The average Bonchev–Trinajstić information content (AvgIpc) is 2.81. The number of rotatable bonds is 8. The minimum absolute atomic E-state index is 0.182. The third kappa shape index (κ3) is 5.50. The van der Waals surface area contributed by atoms with Crippen molar-refractivity contribution in [3.05, 3.63) is 32.7 Å². The maximum Gasteiger partial charge on any atom is 0.324 e. The van der Waals surface area contributed by atoms with E-state index in [0.29, 0.717) is 12.5 Å². The first-order chi connectivity index (χ1) is 9.04. The Bertz CT molecular complexity index is 441. The van der Waals surface area contributed by atoms with Crippen molar-refractivity contribution in [1.82, 2.24) is 5.32 Å². The molecule has 5 nitrogen and oxygen atoms in total. The lowest BCUT2D eigenvalue weighted by atomic mass is 10.0. The smallest absolute Gasteiger partial charge is 0.324 e. The largest absolute Gasteiger partial charge is 0.383 e. The van der Waals surface area contributed by atoms with E-state index in [-0.39, 0.29) is 9.92 Å². The molecule has 106 valence electrons. The van der Waals surface area contributed by atoms with E-state index in [2.05, 4.69) is 19.2 Å². The Balaban J connectivity index is 2.68. The van der Waals surface area contributed by atoms with Crippen LogP contribution in [0, 0.1) is 16.0 Å². The predicted octanol–water partition coefficient (Wildman–Crippen LogP) is 2.93. The Hall–Kier alpha value is -1.24. The van der Waals surface area contributed by atoms with Crippen molar-refractivity contribution in [2.45, 2.75) is 13.8 Å². The van der Waals surface area contributed by atoms with Crippen LogP contribution in [0.4, 0.5) is 5.00 Å². The Labute approximate surface area is 117 Å². The number of ether oxygens (including phenoxy) is 1. The molecule has 0 bridgehead atoms. The third-order valence-corrected chi connectivity index (χ3v) is 3.59. The summed E-state index contributed by atoms with van der Waals surface area (Å²) in [5.74, 6) is 0.397. The molecule has 1 aromatic heterocycles. The fraction of sp³-hybridized carbons (Fsp3) is 0.538. The molecule has 1 heterocycles. The van der Waals surface area contributed by atoms with Crippen molar-refractivity contribution < 1.29 is 9.66 Å². The van der Waals surface area contributed by atoms with Gasteiger partial charge in [-0.05, 0) is 11.5 Å². The van der Waals surface area contributed by atoms with Gasteiger partial charge in [-0.3, -0.25) is 10.1 Å². The van der Waals surface area contributed by atoms with Crippen LogP contribution in [0.15, 0.2) is 17.0 Å². The van der Waals surface area contributed by atoms with Crippen molar-refractivity contribution in [3.8, 4) is 0 Å². The predicted molar refractivity (Wildman–Crippen MR) is 78.5 cm³/mol. The zero-order valence-corrected chi connectivity index (χ0v) is 12.3. The molecule has 0 saturated carbocycles. The van der Waals surface area contributed by atoms with Crippen molar-refractivity contribution in [1.29, 1.82) is 0 Å². The van der Waals surface area contributed by atoms with Gasteiger partial charge in [0.15, 0.2) is 0 Å². The van der Waals surface area contributed by atoms with Gasteiger partial charge in [-0.1, -0.05) is 36.8 Å². The van der Waals surface area contributed by atoms with Crippen molar-refractivity contribution in [3.63, 3.8) is 0 Å². The molecular formula is C13H20N2O3S. The van der Waals surface area contributed by atoms with Gasteiger partial charge in [-0.2, -0.15) is 0 Å². The molecule has 0 radical (unpaired) electrons. The van der Waals surface area contributed by atoms with E-state index in [1.165, 1.54) is 5.57 Å². The SMILES string of the molecule is COCCNCC(=Cc1csc([N+](=O)[O-])c1)C(C)C. The standard InChI is InChI=1S/C13H20N2O3S/c1-10(2)12(8-14-4-5-18-3)6-11-7-13(15(16)17)19-9-11/h6-7,9-10,14H,4-5,8H2,1-3H3. The lowest BCUT2D eigenvalue weighted by molar-refractivity contribution is -0.380. The molecule has 0 aliphatic heterocycles. The highest BCUT2D eigenvalue weighted by Gasteiger charge is 2.10. The van der Waals surface area contributed by atoms with Crippen molar-refractivity contribution in [2.75, 3.05) is 26.8 Å². The molecule has 0 amide bonds. The summed E-state index contributed by atoms with van der Waals surface area (Å²) in [4.78, 5) is 10.3. The molecule has 0 fully saturated rings. The summed E-state index contributed by atoms with van der Waals surface area (Å²) in [5, 5.41) is 15.9. The number of hydrogen-bond acceptors (Lipinski definition) is 5. The van der Waals surface area contributed by atoms with Crippen LogP contribution in [0.5, 0.6) is 0 Å². The van der Waals surface area contributed by atoms with Crippen LogP contribution in [0.3, 0.4) is 0 Å². The molecule has 1 N–H and O–H groups in total. The summed E-state index contributed by atoms with van der Waals surface area (Å²) in [6.45, 7) is 6.47. The number of hydrogen-bond donors (Lipinski definition) is 1. The zero-order valence-electron chi connectivity index (χ0n) is 11.5. The molecule has 1 rings (SSSR count). The summed E-state index contributed by atoms with van der Waals surface area (Å²) < 4.78 is 4.98. The molecule has 0 aromatic carbocycles. The van der Waals surface area contributed by atoms with Crippen molar-refractivity contribution >= 4 is 22.4 Å². The first-order valence-corrected chi connectivity index (χ1v) is 7.05. The van der Waals surface area contributed by atoms with Crippen LogP contribution in [-0.4, -0.2) is 31.7 Å². The highest BCUT2D eigenvalue weighted by Crippen LogP contribution is 2.25. The highest BCUT2D eigenvalue weighted by molar-refractivity contribution is 7.13. The summed E-state index contributed by atoms with van der Waals surface area (Å²) in [7, 11) is 1.67. The number of thiophene rings is 1. The van der Waals surface area contributed by atoms with E-state index in [0.717, 1.165) is 30.0 Å². The Morgan fingerprint density at radius 2 is 2.37 bits per heavy atom. The Kier molecular flexibility index (Phi) is 6.69. The van der Waals surface area contributed by atoms with Gasteiger partial charge in [-0.15, -0.1) is 0 Å². The van der Waals surface area contributed by atoms with Gasteiger partial charge < -0.3 is 10.1 Å². The van der Waals surface area contributed by atoms with Crippen LogP contribution >= 0.6 is 11.3 Å². The zero-order chi connectivity index (χ0) is 14.3. The molecule has 0 saturated heterocycles. The van der Waals surface area contributed by atoms with E-state index in [1.54, 1.807) is 13.2 Å². The van der Waals surface area contributed by atoms with E-state index < -0.39 is 0 Å². The average molecular weight is 284 g/mol. The van der Waals surface area contributed by atoms with E-state index in [1.807, 2.05) is 11.5 Å². The number of nitrogens with one attached hydrogen (secondary N) is 1. The molecule has 0 atom stereocenters. The second-order valence-corrected chi connectivity index (χ2v) is 5.41. The molecule has 1 aromatic rings. The molecule has 0 spiro atoms. The van der Waals surface area contributed by atoms with Gasteiger partial charge in [0.25, 0.3) is 0 Å². The molecule has 0 unspecified atom stereocenters. The molecule has 19 heavy (non-hydrogen) atoms. The quantitative estimate of drug-likeness (QED) is 0.453. The van der Waals surface area contributed by atoms with Crippen LogP contribution < -0.4 is 5.32 Å². The second kappa shape index (κ2) is 8.04. The first kappa shape index (κ1) is 15.8. The summed E-state index contributed by atoms with van der Waals surface area (Å²) in [5.41, 5.74) is 2.12. The van der Waals surface area contributed by atoms with Gasteiger partial charge in [0.05, 0.1) is 11.5 Å². The maximum atomic E-state index is 10.6. The van der Waals surface area contributed by atoms with Gasteiger partial charge in [0.2, 0.25) is 0 Å². The topological polar surface area (TPSA) is 64.4 Å². The monoisotopic (exact) mass is 284 g/mol. The molecule has 0 aliphatic rings. The fourth-order valence-corrected chi connectivity index (χ4v) is 2.24. The van der Waals surface area contributed by atoms with Crippen LogP contribution in [0.2, 0.25) is 0 Å². The Morgan fingerprint density at radius 1 is 1.63 bits per heavy atom. The highest BCUT2D eigenvalue weighted by atomic mass is 32.1. The second-order valence-electron chi connectivity index (χ2n) is 4.52. The van der Waals surface area contributed by atoms with Crippen molar-refractivity contribution in [2.24, 2.45) is 5.92 Å². The molecule has 6 heteroatoms.